The molecule has 7 heteroatoms. The summed E-state index contributed by atoms with van der Waals surface area (Å²) < 4.78 is 24.5. The molecule has 2 heterocycles. The van der Waals surface area contributed by atoms with Crippen LogP contribution in [0.3, 0.4) is 0 Å². The molecule has 1 aliphatic heterocycles. The predicted octanol–water partition coefficient (Wildman–Crippen LogP) is 5.00. The van der Waals surface area contributed by atoms with Crippen molar-refractivity contribution in [3.05, 3.63) is 59.9 Å². The smallest absolute Gasteiger partial charge is 0.338 e. The molecule has 0 bridgehead atoms. The van der Waals surface area contributed by atoms with Crippen LogP contribution in [0.2, 0.25) is 0 Å². The molecule has 3 aromatic rings. The lowest BCUT2D eigenvalue weighted by Crippen LogP contribution is -2.44. The number of piperidine rings is 1. The van der Waals surface area contributed by atoms with Gasteiger partial charge in [-0.3, -0.25) is 4.79 Å². The number of fused-ring (bicyclic) bond motifs is 1. The summed E-state index contributed by atoms with van der Waals surface area (Å²) in [6.07, 6.45) is 3.10. The summed E-state index contributed by atoms with van der Waals surface area (Å²) in [5.74, 6) is -0.414. The molecule has 172 valence electrons. The molecule has 1 atom stereocenters. The van der Waals surface area contributed by atoms with Crippen LogP contribution >= 0.6 is 0 Å². The summed E-state index contributed by atoms with van der Waals surface area (Å²) in [5.41, 5.74) is 2.27. The van der Waals surface area contributed by atoms with Crippen molar-refractivity contribution >= 4 is 22.8 Å². The molecule has 1 aromatic heterocycles. The molecule has 0 saturated carbocycles. The van der Waals surface area contributed by atoms with Gasteiger partial charge in [-0.1, -0.05) is 0 Å². The Hall–Kier alpha value is -3.48. The number of nitrogens with zero attached hydrogens (tertiary/aromatic N) is 2. The van der Waals surface area contributed by atoms with E-state index in [-0.39, 0.29) is 31.0 Å². The van der Waals surface area contributed by atoms with Gasteiger partial charge >= 0.3 is 5.97 Å². The standard InChI is InChI=1S/C26H27FN2O4/c1-3-32-26(31)19-9-12-22-21(14-19)24(15-23(28-22)18-7-10-20(27)11-8-18)33-16-25(30)29-13-5-4-6-17(29)2/h7-12,14-15,17H,3-6,13,16H2,1-2H3/t17-/m0/s1. The number of ether oxygens (including phenoxy) is 2. The number of pyridine rings is 1. The summed E-state index contributed by atoms with van der Waals surface area (Å²) in [4.78, 5) is 31.6. The number of hydrogen-bond acceptors (Lipinski definition) is 5. The normalized spacial score (nSPS) is 16.0. The number of benzene rings is 2. The number of halogens is 1. The average molecular weight is 451 g/mol. The minimum absolute atomic E-state index is 0.0722. The van der Waals surface area contributed by atoms with Gasteiger partial charge in [0.05, 0.1) is 23.4 Å². The van der Waals surface area contributed by atoms with Crippen molar-refractivity contribution in [2.75, 3.05) is 19.8 Å². The highest BCUT2D eigenvalue weighted by molar-refractivity contribution is 5.97. The monoisotopic (exact) mass is 450 g/mol. The van der Waals surface area contributed by atoms with E-state index >= 15 is 0 Å². The zero-order chi connectivity index (χ0) is 23.4. The van der Waals surface area contributed by atoms with Gasteiger partial charge in [0.15, 0.2) is 6.61 Å². The third-order valence-corrected chi connectivity index (χ3v) is 5.90. The Morgan fingerprint density at radius 2 is 1.91 bits per heavy atom. The number of carbonyl (C=O) groups excluding carboxylic acids is 2. The van der Waals surface area contributed by atoms with Crippen LogP contribution in [0.1, 0.15) is 43.5 Å². The Labute approximate surface area is 192 Å². The molecule has 1 amide bonds. The molecule has 33 heavy (non-hydrogen) atoms. The molecule has 1 fully saturated rings. The number of esters is 1. The minimum Gasteiger partial charge on any atom is -0.483 e. The number of carbonyl (C=O) groups is 2. The maximum absolute atomic E-state index is 13.4. The average Bonchev–Trinajstić information content (AvgIpc) is 2.82. The molecule has 4 rings (SSSR count). The first kappa shape index (κ1) is 22.7. The van der Waals surface area contributed by atoms with E-state index in [9.17, 15) is 14.0 Å². The van der Waals surface area contributed by atoms with Gasteiger partial charge in [-0.15, -0.1) is 0 Å². The largest absolute Gasteiger partial charge is 0.483 e. The lowest BCUT2D eigenvalue weighted by Gasteiger charge is -2.33. The maximum Gasteiger partial charge on any atom is 0.338 e. The van der Waals surface area contributed by atoms with Crippen LogP contribution in [0.4, 0.5) is 4.39 Å². The molecular formula is C26H27FN2O4. The van der Waals surface area contributed by atoms with Gasteiger partial charge in [0.25, 0.3) is 5.91 Å². The van der Waals surface area contributed by atoms with Crippen molar-refractivity contribution < 1.29 is 23.5 Å². The van der Waals surface area contributed by atoms with Gasteiger partial charge in [0.1, 0.15) is 11.6 Å². The number of likely N-dealkylation sites (tertiary alicyclic amines) is 1. The van der Waals surface area contributed by atoms with E-state index < -0.39 is 5.97 Å². The highest BCUT2D eigenvalue weighted by atomic mass is 19.1. The van der Waals surface area contributed by atoms with Gasteiger partial charge in [-0.05, 0) is 75.6 Å². The highest BCUT2D eigenvalue weighted by Crippen LogP contribution is 2.31. The maximum atomic E-state index is 13.4. The summed E-state index contributed by atoms with van der Waals surface area (Å²) >= 11 is 0. The molecule has 0 unspecified atom stereocenters. The van der Waals surface area contributed by atoms with Crippen LogP contribution < -0.4 is 4.74 Å². The molecule has 6 nitrogen and oxygen atoms in total. The van der Waals surface area contributed by atoms with Crippen molar-refractivity contribution in [2.24, 2.45) is 0 Å². The van der Waals surface area contributed by atoms with Crippen LogP contribution in [0.25, 0.3) is 22.2 Å². The van der Waals surface area contributed by atoms with E-state index in [4.69, 9.17) is 9.47 Å². The van der Waals surface area contributed by atoms with Gasteiger partial charge in [0.2, 0.25) is 0 Å². The van der Waals surface area contributed by atoms with E-state index in [0.717, 1.165) is 25.8 Å². The molecule has 1 aliphatic rings. The Kier molecular flexibility index (Phi) is 6.87. The van der Waals surface area contributed by atoms with Crippen molar-refractivity contribution in [3.8, 4) is 17.0 Å². The molecule has 0 radical (unpaired) electrons. The second-order valence-corrected chi connectivity index (χ2v) is 8.19. The fraction of sp³-hybridized carbons (Fsp3) is 0.346. The number of amides is 1. The summed E-state index contributed by atoms with van der Waals surface area (Å²) in [7, 11) is 0. The van der Waals surface area contributed by atoms with Crippen LogP contribution in [-0.2, 0) is 9.53 Å². The number of rotatable bonds is 6. The Bertz CT molecular complexity index is 1160. The SMILES string of the molecule is CCOC(=O)c1ccc2nc(-c3ccc(F)cc3)cc(OCC(=O)N3CCCC[C@@H]3C)c2c1. The molecule has 1 saturated heterocycles. The van der Waals surface area contributed by atoms with Crippen LogP contribution in [0.5, 0.6) is 5.75 Å². The van der Waals surface area contributed by atoms with Gasteiger partial charge in [0, 0.05) is 29.6 Å². The summed E-state index contributed by atoms with van der Waals surface area (Å²) in [5, 5.41) is 0.603. The van der Waals surface area contributed by atoms with Crippen LogP contribution in [-0.4, -0.2) is 47.6 Å². The lowest BCUT2D eigenvalue weighted by molar-refractivity contribution is -0.136. The molecule has 0 N–H and O–H groups in total. The van der Waals surface area contributed by atoms with Crippen molar-refractivity contribution in [3.63, 3.8) is 0 Å². The van der Waals surface area contributed by atoms with E-state index in [0.29, 0.717) is 33.5 Å². The zero-order valence-corrected chi connectivity index (χ0v) is 18.8. The molecule has 2 aromatic carbocycles. The van der Waals surface area contributed by atoms with E-state index in [1.807, 2.05) is 4.90 Å². The first-order valence-corrected chi connectivity index (χ1v) is 11.3. The molecule has 0 spiro atoms. The van der Waals surface area contributed by atoms with Crippen LogP contribution in [0.15, 0.2) is 48.5 Å². The van der Waals surface area contributed by atoms with Crippen LogP contribution in [0, 0.1) is 5.82 Å². The third-order valence-electron chi connectivity index (χ3n) is 5.90. The van der Waals surface area contributed by atoms with Crippen molar-refractivity contribution in [1.82, 2.24) is 9.88 Å². The van der Waals surface area contributed by atoms with Gasteiger partial charge < -0.3 is 14.4 Å². The lowest BCUT2D eigenvalue weighted by atomic mass is 10.0. The Morgan fingerprint density at radius 1 is 1.12 bits per heavy atom. The molecular weight excluding hydrogens is 423 g/mol. The second kappa shape index (κ2) is 9.98. The Balaban J connectivity index is 1.69. The fourth-order valence-corrected chi connectivity index (χ4v) is 4.12. The van der Waals surface area contributed by atoms with E-state index in [1.165, 1.54) is 12.1 Å². The quantitative estimate of drug-likeness (QED) is 0.495. The Morgan fingerprint density at radius 3 is 2.64 bits per heavy atom. The fourth-order valence-electron chi connectivity index (χ4n) is 4.12. The number of hydrogen-bond donors (Lipinski definition) is 0. The minimum atomic E-state index is -0.439. The topological polar surface area (TPSA) is 68.7 Å². The second-order valence-electron chi connectivity index (χ2n) is 8.19. The van der Waals surface area contributed by atoms with E-state index in [2.05, 4.69) is 11.9 Å². The van der Waals surface area contributed by atoms with Crippen molar-refractivity contribution in [1.29, 1.82) is 0 Å². The zero-order valence-electron chi connectivity index (χ0n) is 18.8. The first-order valence-electron chi connectivity index (χ1n) is 11.3. The predicted molar refractivity (Wildman–Crippen MR) is 124 cm³/mol. The van der Waals surface area contributed by atoms with Crippen molar-refractivity contribution in [2.45, 2.75) is 39.2 Å². The third kappa shape index (κ3) is 5.13. The number of aromatic nitrogens is 1. The summed E-state index contributed by atoms with van der Waals surface area (Å²) in [6.45, 7) is 4.68. The van der Waals surface area contributed by atoms with Gasteiger partial charge in [-0.2, -0.15) is 0 Å². The van der Waals surface area contributed by atoms with E-state index in [1.54, 1.807) is 43.3 Å². The molecule has 0 aliphatic carbocycles. The highest BCUT2D eigenvalue weighted by Gasteiger charge is 2.24. The first-order chi connectivity index (χ1) is 16.0. The summed E-state index contributed by atoms with van der Waals surface area (Å²) in [6, 6.07) is 13.0. The van der Waals surface area contributed by atoms with Gasteiger partial charge in [-0.25, -0.2) is 14.2 Å².